The largest absolute Gasteiger partial charge is 0.494 e. The van der Waals surface area contributed by atoms with E-state index in [2.05, 4.69) is 19.3 Å². The van der Waals surface area contributed by atoms with Crippen molar-refractivity contribution in [1.29, 1.82) is 0 Å². The third-order valence-electron chi connectivity index (χ3n) is 3.54. The summed E-state index contributed by atoms with van der Waals surface area (Å²) in [5, 5.41) is 3.40. The van der Waals surface area contributed by atoms with E-state index in [1.54, 1.807) is 0 Å². The molecule has 0 aliphatic carbocycles. The predicted octanol–water partition coefficient (Wildman–Crippen LogP) is 4.40. The average Bonchev–Trinajstić information content (AvgIpc) is 2.46. The van der Waals surface area contributed by atoms with E-state index in [4.69, 9.17) is 4.74 Å². The van der Waals surface area contributed by atoms with Gasteiger partial charge in [-0.25, -0.2) is 0 Å². The van der Waals surface area contributed by atoms with Gasteiger partial charge in [-0.3, -0.25) is 0 Å². The summed E-state index contributed by atoms with van der Waals surface area (Å²) in [5.74, 6) is 0.972. The highest BCUT2D eigenvalue weighted by atomic mass is 16.5. The second-order valence-electron chi connectivity index (χ2n) is 5.14. The van der Waals surface area contributed by atoms with Gasteiger partial charge in [0.2, 0.25) is 0 Å². The smallest absolute Gasteiger partial charge is 0.119 e. The zero-order valence-corrected chi connectivity index (χ0v) is 12.5. The number of ether oxygens (including phenoxy) is 1. The lowest BCUT2D eigenvalue weighted by Gasteiger charge is -2.16. The lowest BCUT2D eigenvalue weighted by Crippen LogP contribution is -2.27. The van der Waals surface area contributed by atoms with Crippen LogP contribution in [0.15, 0.2) is 30.3 Å². The molecule has 0 saturated heterocycles. The van der Waals surface area contributed by atoms with E-state index in [9.17, 15) is 0 Å². The predicted molar refractivity (Wildman–Crippen MR) is 82.8 cm³/mol. The molecule has 0 saturated carbocycles. The summed E-state index contributed by atoms with van der Waals surface area (Å²) in [6.45, 7) is 3.06. The first-order chi connectivity index (χ1) is 9.36. The molecule has 1 aromatic carbocycles. The molecule has 1 rings (SSSR count). The van der Waals surface area contributed by atoms with Gasteiger partial charge in [-0.2, -0.15) is 0 Å². The van der Waals surface area contributed by atoms with Gasteiger partial charge >= 0.3 is 0 Å². The minimum absolute atomic E-state index is 0.588. The van der Waals surface area contributed by atoms with Crippen LogP contribution in [0.2, 0.25) is 0 Å². The van der Waals surface area contributed by atoms with Crippen molar-refractivity contribution in [2.24, 2.45) is 0 Å². The SMILES string of the molecule is CCCCCCCC(CCOc1ccccc1)NC. The zero-order valence-electron chi connectivity index (χ0n) is 12.5. The Hall–Kier alpha value is -1.02. The van der Waals surface area contributed by atoms with Gasteiger partial charge < -0.3 is 10.1 Å². The second-order valence-corrected chi connectivity index (χ2v) is 5.14. The van der Waals surface area contributed by atoms with Crippen molar-refractivity contribution in [3.63, 3.8) is 0 Å². The molecule has 0 bridgehead atoms. The van der Waals surface area contributed by atoms with Gasteiger partial charge in [0.25, 0.3) is 0 Å². The van der Waals surface area contributed by atoms with Crippen molar-refractivity contribution in [3.05, 3.63) is 30.3 Å². The van der Waals surface area contributed by atoms with Crippen LogP contribution >= 0.6 is 0 Å². The number of benzene rings is 1. The Bertz CT molecular complexity index is 299. The molecule has 0 amide bonds. The number of unbranched alkanes of at least 4 members (excludes halogenated alkanes) is 4. The Balaban J connectivity index is 2.08. The molecule has 2 heteroatoms. The van der Waals surface area contributed by atoms with Crippen molar-refractivity contribution >= 4 is 0 Å². The highest BCUT2D eigenvalue weighted by Crippen LogP contribution is 2.12. The summed E-state index contributed by atoms with van der Waals surface area (Å²) >= 11 is 0. The Morgan fingerprint density at radius 2 is 1.74 bits per heavy atom. The maximum Gasteiger partial charge on any atom is 0.119 e. The highest BCUT2D eigenvalue weighted by molar-refractivity contribution is 5.20. The van der Waals surface area contributed by atoms with Crippen LogP contribution in [0.5, 0.6) is 5.75 Å². The minimum Gasteiger partial charge on any atom is -0.494 e. The van der Waals surface area contributed by atoms with Crippen molar-refractivity contribution in [1.82, 2.24) is 5.32 Å². The molecule has 19 heavy (non-hydrogen) atoms. The Morgan fingerprint density at radius 1 is 1.00 bits per heavy atom. The lowest BCUT2D eigenvalue weighted by atomic mass is 10.0. The maximum absolute atomic E-state index is 5.74. The van der Waals surface area contributed by atoms with Crippen LogP contribution in [-0.2, 0) is 0 Å². The summed E-state index contributed by atoms with van der Waals surface area (Å²) in [6.07, 6.45) is 9.12. The van der Waals surface area contributed by atoms with Gasteiger partial charge in [0.1, 0.15) is 5.75 Å². The third-order valence-corrected chi connectivity index (χ3v) is 3.54. The van der Waals surface area contributed by atoms with Gasteiger partial charge in [-0.05, 0) is 32.0 Å². The average molecular weight is 263 g/mol. The zero-order chi connectivity index (χ0) is 13.8. The fourth-order valence-electron chi connectivity index (χ4n) is 2.26. The molecule has 1 unspecified atom stereocenters. The van der Waals surface area contributed by atoms with E-state index in [0.717, 1.165) is 18.8 Å². The molecule has 2 nitrogen and oxygen atoms in total. The first-order valence-corrected chi connectivity index (χ1v) is 7.72. The van der Waals surface area contributed by atoms with Gasteiger partial charge in [-0.15, -0.1) is 0 Å². The van der Waals surface area contributed by atoms with E-state index in [1.807, 2.05) is 30.3 Å². The van der Waals surface area contributed by atoms with Crippen molar-refractivity contribution in [2.45, 2.75) is 57.9 Å². The molecule has 1 N–H and O–H groups in total. The molecule has 0 heterocycles. The van der Waals surface area contributed by atoms with Crippen molar-refractivity contribution in [2.75, 3.05) is 13.7 Å². The van der Waals surface area contributed by atoms with Crippen molar-refractivity contribution < 1.29 is 4.74 Å². The Morgan fingerprint density at radius 3 is 2.42 bits per heavy atom. The van der Waals surface area contributed by atoms with Gasteiger partial charge in [-0.1, -0.05) is 57.2 Å². The van der Waals surface area contributed by atoms with Crippen LogP contribution in [0.3, 0.4) is 0 Å². The number of hydrogen-bond acceptors (Lipinski definition) is 2. The van der Waals surface area contributed by atoms with Crippen LogP contribution in [-0.4, -0.2) is 19.7 Å². The Labute approximate surface area is 118 Å². The lowest BCUT2D eigenvalue weighted by molar-refractivity contribution is 0.283. The number of nitrogens with one attached hydrogen (secondary N) is 1. The van der Waals surface area contributed by atoms with E-state index < -0.39 is 0 Å². The quantitative estimate of drug-likeness (QED) is 0.597. The molecule has 0 aliphatic rings. The summed E-state index contributed by atoms with van der Waals surface area (Å²) in [5.41, 5.74) is 0. The Kier molecular flexibility index (Phi) is 9.17. The normalized spacial score (nSPS) is 12.3. The maximum atomic E-state index is 5.74. The standard InChI is InChI=1S/C17H29NO/c1-3-4-5-6-8-11-16(18-2)14-15-19-17-12-9-7-10-13-17/h7,9-10,12-13,16,18H,3-6,8,11,14-15H2,1-2H3. The molecular weight excluding hydrogens is 234 g/mol. The van der Waals surface area contributed by atoms with E-state index in [0.29, 0.717) is 6.04 Å². The van der Waals surface area contributed by atoms with Gasteiger partial charge in [0.05, 0.1) is 6.61 Å². The summed E-state index contributed by atoms with van der Waals surface area (Å²) < 4.78 is 5.74. The van der Waals surface area contributed by atoms with Gasteiger partial charge in [0.15, 0.2) is 0 Å². The third kappa shape index (κ3) is 7.89. The van der Waals surface area contributed by atoms with Crippen LogP contribution in [0, 0.1) is 0 Å². The summed E-state index contributed by atoms with van der Waals surface area (Å²) in [6, 6.07) is 10.7. The van der Waals surface area contributed by atoms with Crippen LogP contribution in [0.4, 0.5) is 0 Å². The number of rotatable bonds is 11. The topological polar surface area (TPSA) is 21.3 Å². The van der Waals surface area contributed by atoms with E-state index in [-0.39, 0.29) is 0 Å². The molecule has 0 radical (unpaired) electrons. The van der Waals surface area contributed by atoms with Gasteiger partial charge in [0, 0.05) is 6.04 Å². The number of para-hydroxylation sites is 1. The van der Waals surface area contributed by atoms with E-state index in [1.165, 1.54) is 38.5 Å². The first kappa shape index (κ1) is 16.0. The first-order valence-electron chi connectivity index (χ1n) is 7.72. The monoisotopic (exact) mass is 263 g/mol. The fraction of sp³-hybridized carbons (Fsp3) is 0.647. The fourth-order valence-corrected chi connectivity index (χ4v) is 2.26. The molecule has 0 fully saturated rings. The molecule has 0 spiro atoms. The van der Waals surface area contributed by atoms with Crippen molar-refractivity contribution in [3.8, 4) is 5.75 Å². The molecule has 108 valence electrons. The molecule has 1 aromatic rings. The van der Waals surface area contributed by atoms with E-state index >= 15 is 0 Å². The van der Waals surface area contributed by atoms with Crippen LogP contribution in [0.25, 0.3) is 0 Å². The molecule has 1 atom stereocenters. The number of hydrogen-bond donors (Lipinski definition) is 1. The highest BCUT2D eigenvalue weighted by Gasteiger charge is 2.05. The summed E-state index contributed by atoms with van der Waals surface area (Å²) in [4.78, 5) is 0. The van der Waals surface area contributed by atoms with Crippen LogP contribution < -0.4 is 10.1 Å². The second kappa shape index (κ2) is 10.9. The minimum atomic E-state index is 0.588. The molecule has 0 aromatic heterocycles. The summed E-state index contributed by atoms with van der Waals surface area (Å²) in [7, 11) is 2.05. The molecular formula is C17H29NO. The molecule has 0 aliphatic heterocycles. The van der Waals surface area contributed by atoms with Crippen LogP contribution in [0.1, 0.15) is 51.9 Å².